The Labute approximate surface area is 140 Å². The van der Waals surface area contributed by atoms with Gasteiger partial charge >= 0.3 is 5.97 Å². The Hall–Kier alpha value is -1.87. The third-order valence-corrected chi connectivity index (χ3v) is 3.03. The van der Waals surface area contributed by atoms with Gasteiger partial charge in [-0.15, -0.1) is 0 Å². The molecule has 24 heavy (non-hydrogen) atoms. The van der Waals surface area contributed by atoms with Crippen LogP contribution in [-0.4, -0.2) is 71.6 Å². The zero-order valence-electron chi connectivity index (χ0n) is 13.6. The molecule has 0 aliphatic rings. The van der Waals surface area contributed by atoms with Crippen LogP contribution in [0.5, 0.6) is 5.75 Å². The number of hydrogen-bond acceptors (Lipinski definition) is 8. The van der Waals surface area contributed by atoms with Gasteiger partial charge in [0.25, 0.3) is 0 Å². The van der Waals surface area contributed by atoms with Gasteiger partial charge in [0, 0.05) is 6.54 Å². The molecule has 1 aromatic carbocycles. The van der Waals surface area contributed by atoms with E-state index in [2.05, 4.69) is 5.32 Å². The number of carbonyl (C=O) groups excluding carboxylic acids is 1. The maximum atomic E-state index is 12.0. The van der Waals surface area contributed by atoms with E-state index >= 15 is 0 Å². The van der Waals surface area contributed by atoms with E-state index in [9.17, 15) is 15.0 Å². The van der Waals surface area contributed by atoms with Crippen molar-refractivity contribution in [2.24, 2.45) is 0 Å². The highest BCUT2D eigenvalue weighted by atomic mass is 16.5. The van der Waals surface area contributed by atoms with Crippen molar-refractivity contribution >= 4 is 11.7 Å². The highest BCUT2D eigenvalue weighted by Crippen LogP contribution is 2.26. The Morgan fingerprint density at radius 2 is 1.92 bits per heavy atom. The van der Waals surface area contributed by atoms with E-state index in [0.717, 1.165) is 6.42 Å². The van der Waals surface area contributed by atoms with Crippen molar-refractivity contribution in [3.8, 4) is 5.75 Å². The molecular weight excluding hydrogens is 318 g/mol. The largest absolute Gasteiger partial charge is 0.491 e. The summed E-state index contributed by atoms with van der Waals surface area (Å²) < 4.78 is 10.5. The van der Waals surface area contributed by atoms with Crippen LogP contribution in [0.25, 0.3) is 0 Å². The Morgan fingerprint density at radius 3 is 2.54 bits per heavy atom. The molecule has 1 rings (SSSR count). The van der Waals surface area contributed by atoms with Crippen molar-refractivity contribution in [2.75, 3.05) is 38.3 Å². The minimum absolute atomic E-state index is 0.0840. The van der Waals surface area contributed by atoms with E-state index in [-0.39, 0.29) is 25.3 Å². The van der Waals surface area contributed by atoms with Crippen LogP contribution in [0.15, 0.2) is 18.2 Å². The van der Waals surface area contributed by atoms with Crippen LogP contribution in [0.4, 0.5) is 5.69 Å². The Bertz CT molecular complexity index is 509. The van der Waals surface area contributed by atoms with Gasteiger partial charge in [-0.2, -0.15) is 0 Å². The second kappa shape index (κ2) is 10.8. The summed E-state index contributed by atoms with van der Waals surface area (Å²) in [6.07, 6.45) is -1.26. The van der Waals surface area contributed by atoms with E-state index in [1.165, 1.54) is 12.1 Å². The zero-order chi connectivity index (χ0) is 17.9. The van der Waals surface area contributed by atoms with Gasteiger partial charge in [-0.3, -0.25) is 0 Å². The molecule has 0 amide bonds. The molecule has 0 aliphatic carbocycles. The first kappa shape index (κ1) is 20.2. The summed E-state index contributed by atoms with van der Waals surface area (Å²) in [5, 5.41) is 39.2. The second-order valence-electron chi connectivity index (χ2n) is 5.21. The van der Waals surface area contributed by atoms with Crippen LogP contribution in [0.2, 0.25) is 0 Å². The summed E-state index contributed by atoms with van der Waals surface area (Å²) in [5.41, 5.74) is 0.707. The lowest BCUT2D eigenvalue weighted by Gasteiger charge is -2.16. The molecule has 8 heteroatoms. The smallest absolute Gasteiger partial charge is 0.338 e. The molecule has 0 spiro atoms. The molecule has 0 heterocycles. The number of aliphatic hydroxyl groups is 4. The summed E-state index contributed by atoms with van der Waals surface area (Å²) in [5.74, 6) is -0.149. The Kier molecular flexibility index (Phi) is 9.10. The van der Waals surface area contributed by atoms with Gasteiger partial charge in [0.05, 0.1) is 37.2 Å². The minimum Gasteiger partial charge on any atom is -0.491 e. The third kappa shape index (κ3) is 6.71. The summed E-state index contributed by atoms with van der Waals surface area (Å²) in [6, 6.07) is 4.62. The lowest BCUT2D eigenvalue weighted by Crippen LogP contribution is -2.24. The molecule has 0 aromatic heterocycles. The highest BCUT2D eigenvalue weighted by Gasteiger charge is 2.14. The van der Waals surface area contributed by atoms with E-state index < -0.39 is 24.8 Å². The van der Waals surface area contributed by atoms with Crippen molar-refractivity contribution < 1.29 is 34.7 Å². The fraction of sp³-hybridized carbons (Fsp3) is 0.562. The molecule has 2 unspecified atom stereocenters. The molecule has 0 saturated heterocycles. The number of hydrogen-bond donors (Lipinski definition) is 5. The van der Waals surface area contributed by atoms with Gasteiger partial charge in [0.15, 0.2) is 0 Å². The van der Waals surface area contributed by atoms with Crippen LogP contribution in [0.1, 0.15) is 23.7 Å². The molecule has 1 aromatic rings. The van der Waals surface area contributed by atoms with Gasteiger partial charge < -0.3 is 35.2 Å². The molecule has 0 fully saturated rings. The highest BCUT2D eigenvalue weighted by molar-refractivity contribution is 5.91. The molecule has 8 nitrogen and oxygen atoms in total. The van der Waals surface area contributed by atoms with Gasteiger partial charge in [0.2, 0.25) is 0 Å². The first-order valence-electron chi connectivity index (χ1n) is 7.77. The molecule has 2 atom stereocenters. The molecule has 0 aliphatic heterocycles. The maximum Gasteiger partial charge on any atom is 0.338 e. The van der Waals surface area contributed by atoms with Crippen LogP contribution in [0, 0.1) is 0 Å². The number of nitrogens with one attached hydrogen (secondary N) is 1. The zero-order valence-corrected chi connectivity index (χ0v) is 13.6. The topological polar surface area (TPSA) is 128 Å². The summed E-state index contributed by atoms with van der Waals surface area (Å²) >= 11 is 0. The van der Waals surface area contributed by atoms with E-state index in [4.69, 9.17) is 19.7 Å². The number of carbonyl (C=O) groups is 1. The summed E-state index contributed by atoms with van der Waals surface area (Å²) in [7, 11) is 0. The standard InChI is InChI=1S/C16H25NO7/c1-2-5-23-15-4-3-11(16(22)24-10-13(21)9-19)6-14(15)17-7-12(20)8-18/h3-4,6,12-13,17-21H,2,5,7-10H2,1H3. The molecule has 0 saturated carbocycles. The first-order valence-corrected chi connectivity index (χ1v) is 7.77. The van der Waals surface area contributed by atoms with E-state index in [0.29, 0.717) is 18.0 Å². The SMILES string of the molecule is CCCOc1ccc(C(=O)OCC(O)CO)cc1NCC(O)CO. The molecule has 0 radical (unpaired) electrons. The second-order valence-corrected chi connectivity index (χ2v) is 5.21. The average Bonchev–Trinajstić information content (AvgIpc) is 2.62. The van der Waals surface area contributed by atoms with Crippen molar-refractivity contribution in [3.05, 3.63) is 23.8 Å². The van der Waals surface area contributed by atoms with Gasteiger partial charge in [-0.25, -0.2) is 4.79 Å². The van der Waals surface area contributed by atoms with E-state index in [1.807, 2.05) is 6.92 Å². The summed E-state index contributed by atoms with van der Waals surface area (Å²) in [4.78, 5) is 12.0. The fourth-order valence-electron chi connectivity index (χ4n) is 1.73. The number of anilines is 1. The monoisotopic (exact) mass is 343 g/mol. The number of ether oxygens (including phenoxy) is 2. The molecule has 136 valence electrons. The van der Waals surface area contributed by atoms with Gasteiger partial charge in [0.1, 0.15) is 18.5 Å². The molecule has 0 bridgehead atoms. The van der Waals surface area contributed by atoms with E-state index in [1.54, 1.807) is 6.07 Å². The summed E-state index contributed by atoms with van der Waals surface area (Å²) in [6.45, 7) is 1.34. The predicted molar refractivity (Wildman–Crippen MR) is 87.2 cm³/mol. The average molecular weight is 343 g/mol. The minimum atomic E-state index is -1.13. The lowest BCUT2D eigenvalue weighted by atomic mass is 10.1. The van der Waals surface area contributed by atoms with Crippen molar-refractivity contribution in [1.82, 2.24) is 0 Å². The Balaban J connectivity index is 2.84. The normalized spacial score (nSPS) is 13.2. The number of rotatable bonds is 11. The van der Waals surface area contributed by atoms with Crippen LogP contribution >= 0.6 is 0 Å². The molecular formula is C16H25NO7. The van der Waals surface area contributed by atoms with Crippen molar-refractivity contribution in [3.63, 3.8) is 0 Å². The van der Waals surface area contributed by atoms with Crippen LogP contribution in [0.3, 0.4) is 0 Å². The Morgan fingerprint density at radius 1 is 1.21 bits per heavy atom. The van der Waals surface area contributed by atoms with Crippen LogP contribution < -0.4 is 10.1 Å². The fourth-order valence-corrected chi connectivity index (χ4v) is 1.73. The molecule has 5 N–H and O–H groups in total. The van der Waals surface area contributed by atoms with Crippen molar-refractivity contribution in [1.29, 1.82) is 0 Å². The van der Waals surface area contributed by atoms with Gasteiger partial charge in [-0.05, 0) is 24.6 Å². The van der Waals surface area contributed by atoms with Crippen molar-refractivity contribution in [2.45, 2.75) is 25.6 Å². The third-order valence-electron chi connectivity index (χ3n) is 3.03. The quantitative estimate of drug-likeness (QED) is 0.348. The maximum absolute atomic E-state index is 12.0. The van der Waals surface area contributed by atoms with Gasteiger partial charge in [-0.1, -0.05) is 6.92 Å². The number of esters is 1. The predicted octanol–water partition coefficient (Wildman–Crippen LogP) is -0.250. The number of aliphatic hydroxyl groups excluding tert-OH is 4. The lowest BCUT2D eigenvalue weighted by molar-refractivity contribution is 0.00933. The number of benzene rings is 1. The first-order chi connectivity index (χ1) is 11.5. The van der Waals surface area contributed by atoms with Crippen LogP contribution in [-0.2, 0) is 4.74 Å².